The molecule has 2 aliphatic heterocycles. The average Bonchev–Trinajstić information content (AvgIpc) is 2.72. The first-order valence-corrected chi connectivity index (χ1v) is 8.78. The van der Waals surface area contributed by atoms with Crippen LogP contribution in [-0.4, -0.2) is 59.1 Å². The summed E-state index contributed by atoms with van der Waals surface area (Å²) in [5.74, 6) is -0.0229. The van der Waals surface area contributed by atoms with Gasteiger partial charge in [-0.05, 0) is 24.8 Å². The molecule has 1 atom stereocenters. The minimum Gasteiger partial charge on any atom is -0.441 e. The Hall–Kier alpha value is -2.31. The Labute approximate surface area is 147 Å². The van der Waals surface area contributed by atoms with Crippen LogP contribution in [0.5, 0.6) is 0 Å². The topological polar surface area (TPSA) is 82.7 Å². The predicted octanol–water partition coefficient (Wildman–Crippen LogP) is 1.95. The second-order valence-corrected chi connectivity index (χ2v) is 7.36. The van der Waals surface area contributed by atoms with Gasteiger partial charge in [0.1, 0.15) is 5.60 Å². The SMILES string of the molecule is CC(C)c1[nH]c(=O)ccc1C(=O)N1CCCC2(CC1)CN(C)C(=O)O2. The molecule has 0 radical (unpaired) electrons. The summed E-state index contributed by atoms with van der Waals surface area (Å²) in [5.41, 5.74) is 0.540. The van der Waals surface area contributed by atoms with E-state index in [1.807, 2.05) is 13.8 Å². The number of carbonyl (C=O) groups is 2. The largest absolute Gasteiger partial charge is 0.441 e. The number of hydrogen-bond acceptors (Lipinski definition) is 4. The number of nitrogens with zero attached hydrogens (tertiary/aromatic N) is 2. The molecule has 0 bridgehead atoms. The van der Waals surface area contributed by atoms with Crippen LogP contribution in [0.25, 0.3) is 0 Å². The van der Waals surface area contributed by atoms with Crippen molar-refractivity contribution in [2.24, 2.45) is 0 Å². The number of pyridine rings is 1. The van der Waals surface area contributed by atoms with Crippen molar-refractivity contribution in [3.05, 3.63) is 33.7 Å². The van der Waals surface area contributed by atoms with Crippen LogP contribution in [0.15, 0.2) is 16.9 Å². The summed E-state index contributed by atoms with van der Waals surface area (Å²) in [4.78, 5) is 42.5. The zero-order chi connectivity index (χ0) is 18.2. The molecule has 0 aromatic carbocycles. The Kier molecular flexibility index (Phi) is 4.58. The second-order valence-electron chi connectivity index (χ2n) is 7.36. The van der Waals surface area contributed by atoms with Gasteiger partial charge in [0.25, 0.3) is 5.91 Å². The second kappa shape index (κ2) is 6.54. The summed E-state index contributed by atoms with van der Waals surface area (Å²) in [6, 6.07) is 3.01. The molecule has 2 fully saturated rings. The Morgan fingerprint density at radius 1 is 1.24 bits per heavy atom. The van der Waals surface area contributed by atoms with Gasteiger partial charge in [-0.15, -0.1) is 0 Å². The van der Waals surface area contributed by atoms with E-state index in [4.69, 9.17) is 4.74 Å². The van der Waals surface area contributed by atoms with Crippen LogP contribution in [0.4, 0.5) is 4.79 Å². The third-order valence-electron chi connectivity index (χ3n) is 5.08. The molecular formula is C18H25N3O4. The van der Waals surface area contributed by atoms with Crippen molar-refractivity contribution in [3.8, 4) is 0 Å². The summed E-state index contributed by atoms with van der Waals surface area (Å²) in [5, 5.41) is 0. The highest BCUT2D eigenvalue weighted by Crippen LogP contribution is 2.33. The van der Waals surface area contributed by atoms with Gasteiger partial charge >= 0.3 is 6.09 Å². The molecule has 1 aromatic heterocycles. The lowest BCUT2D eigenvalue weighted by Gasteiger charge is -2.26. The zero-order valence-electron chi connectivity index (χ0n) is 15.0. The Balaban J connectivity index is 1.78. The van der Waals surface area contributed by atoms with E-state index in [2.05, 4.69) is 4.98 Å². The van der Waals surface area contributed by atoms with E-state index < -0.39 is 5.60 Å². The summed E-state index contributed by atoms with van der Waals surface area (Å²) in [6.07, 6.45) is 1.89. The number of nitrogens with one attached hydrogen (secondary N) is 1. The molecule has 0 aliphatic carbocycles. The number of hydrogen-bond donors (Lipinski definition) is 1. The number of H-pyrrole nitrogens is 1. The molecule has 3 heterocycles. The Bertz CT molecular complexity index is 742. The number of aromatic amines is 1. The highest BCUT2D eigenvalue weighted by molar-refractivity contribution is 5.95. The first kappa shape index (κ1) is 17.5. The summed E-state index contributed by atoms with van der Waals surface area (Å²) < 4.78 is 5.60. The third-order valence-corrected chi connectivity index (χ3v) is 5.08. The van der Waals surface area contributed by atoms with E-state index in [0.717, 1.165) is 12.8 Å². The van der Waals surface area contributed by atoms with Crippen molar-refractivity contribution >= 4 is 12.0 Å². The standard InChI is InChI=1S/C18H25N3O4/c1-12(2)15-13(5-6-14(22)19-15)16(23)21-9-4-7-18(8-10-21)11-20(3)17(24)25-18/h5-6,12H,4,7-11H2,1-3H3,(H,19,22). The van der Waals surface area contributed by atoms with Crippen molar-refractivity contribution < 1.29 is 14.3 Å². The van der Waals surface area contributed by atoms with Gasteiger partial charge in [0, 0.05) is 38.3 Å². The van der Waals surface area contributed by atoms with Crippen LogP contribution in [0.3, 0.4) is 0 Å². The number of ether oxygens (including phenoxy) is 1. The Morgan fingerprint density at radius 3 is 2.64 bits per heavy atom. The van der Waals surface area contributed by atoms with Crippen LogP contribution in [0.1, 0.15) is 55.1 Å². The lowest BCUT2D eigenvalue weighted by Crippen LogP contribution is -2.37. The molecule has 0 saturated carbocycles. The molecule has 7 nitrogen and oxygen atoms in total. The fraction of sp³-hybridized carbons (Fsp3) is 0.611. The van der Waals surface area contributed by atoms with Crippen LogP contribution < -0.4 is 5.56 Å². The molecule has 1 unspecified atom stereocenters. The summed E-state index contributed by atoms with van der Waals surface area (Å²) in [6.45, 7) is 5.64. The highest BCUT2D eigenvalue weighted by atomic mass is 16.6. The van der Waals surface area contributed by atoms with E-state index in [-0.39, 0.29) is 23.5 Å². The molecule has 1 spiro atoms. The van der Waals surface area contributed by atoms with Crippen molar-refractivity contribution in [2.45, 2.75) is 44.6 Å². The smallest absolute Gasteiger partial charge is 0.410 e. The van der Waals surface area contributed by atoms with E-state index in [0.29, 0.717) is 37.3 Å². The van der Waals surface area contributed by atoms with E-state index in [1.54, 1.807) is 22.9 Å². The van der Waals surface area contributed by atoms with E-state index >= 15 is 0 Å². The fourth-order valence-electron chi connectivity index (χ4n) is 3.73. The number of rotatable bonds is 2. The van der Waals surface area contributed by atoms with Gasteiger partial charge in [0.05, 0.1) is 12.1 Å². The minimum absolute atomic E-state index is 0.0515. The lowest BCUT2D eigenvalue weighted by molar-refractivity contribution is 0.0438. The molecule has 136 valence electrons. The van der Waals surface area contributed by atoms with Gasteiger partial charge in [-0.3, -0.25) is 9.59 Å². The molecule has 3 rings (SSSR count). The van der Waals surface area contributed by atoms with E-state index in [1.165, 1.54) is 6.07 Å². The van der Waals surface area contributed by atoms with Gasteiger partial charge in [0.15, 0.2) is 0 Å². The van der Waals surface area contributed by atoms with Crippen molar-refractivity contribution in [2.75, 3.05) is 26.7 Å². The van der Waals surface area contributed by atoms with Crippen molar-refractivity contribution in [3.63, 3.8) is 0 Å². The highest BCUT2D eigenvalue weighted by Gasteiger charge is 2.44. The molecule has 2 saturated heterocycles. The lowest BCUT2D eigenvalue weighted by atomic mass is 9.95. The maximum Gasteiger partial charge on any atom is 0.410 e. The molecule has 25 heavy (non-hydrogen) atoms. The van der Waals surface area contributed by atoms with Gasteiger partial charge in [-0.1, -0.05) is 13.8 Å². The maximum atomic E-state index is 13.0. The predicted molar refractivity (Wildman–Crippen MR) is 92.7 cm³/mol. The van der Waals surface area contributed by atoms with E-state index in [9.17, 15) is 14.4 Å². The normalized spacial score (nSPS) is 23.9. The Morgan fingerprint density at radius 2 is 2.00 bits per heavy atom. The molecule has 1 N–H and O–H groups in total. The van der Waals surface area contributed by atoms with Crippen LogP contribution in [0.2, 0.25) is 0 Å². The maximum absolute atomic E-state index is 13.0. The van der Waals surface area contributed by atoms with Crippen molar-refractivity contribution in [1.29, 1.82) is 0 Å². The van der Waals surface area contributed by atoms with Crippen LogP contribution in [-0.2, 0) is 4.74 Å². The molecular weight excluding hydrogens is 322 g/mol. The molecule has 1 aromatic rings. The fourth-order valence-corrected chi connectivity index (χ4v) is 3.73. The first-order valence-electron chi connectivity index (χ1n) is 8.78. The number of likely N-dealkylation sites (N-methyl/N-ethyl adjacent to an activating group) is 1. The number of likely N-dealkylation sites (tertiary alicyclic amines) is 1. The third kappa shape index (κ3) is 3.41. The average molecular weight is 347 g/mol. The van der Waals surface area contributed by atoms with Gasteiger partial charge < -0.3 is 19.5 Å². The first-order chi connectivity index (χ1) is 11.8. The number of carbonyl (C=O) groups excluding carboxylic acids is 2. The summed E-state index contributed by atoms with van der Waals surface area (Å²) in [7, 11) is 1.74. The quantitative estimate of drug-likeness (QED) is 0.886. The number of amides is 2. The number of aromatic nitrogens is 1. The van der Waals surface area contributed by atoms with Crippen LogP contribution in [0, 0.1) is 0 Å². The molecule has 2 amide bonds. The van der Waals surface area contributed by atoms with Crippen LogP contribution >= 0.6 is 0 Å². The van der Waals surface area contributed by atoms with Gasteiger partial charge in [0.2, 0.25) is 5.56 Å². The minimum atomic E-state index is -0.479. The summed E-state index contributed by atoms with van der Waals surface area (Å²) >= 11 is 0. The molecule has 2 aliphatic rings. The molecule has 7 heteroatoms. The van der Waals surface area contributed by atoms with Gasteiger partial charge in [-0.2, -0.15) is 0 Å². The zero-order valence-corrected chi connectivity index (χ0v) is 15.0. The van der Waals surface area contributed by atoms with Gasteiger partial charge in [-0.25, -0.2) is 4.79 Å². The monoisotopic (exact) mass is 347 g/mol. The van der Waals surface area contributed by atoms with Crippen molar-refractivity contribution in [1.82, 2.24) is 14.8 Å².